The van der Waals surface area contributed by atoms with E-state index in [1.54, 1.807) is 19.4 Å². The highest BCUT2D eigenvalue weighted by molar-refractivity contribution is 7.58. The van der Waals surface area contributed by atoms with Crippen molar-refractivity contribution < 1.29 is 37.8 Å². The maximum atomic E-state index is 12.6. The molecule has 2 rings (SSSR count). The Morgan fingerprint density at radius 3 is 2.78 bits per heavy atom. The van der Waals surface area contributed by atoms with Crippen LogP contribution in [0, 0.1) is 12.3 Å². The van der Waals surface area contributed by atoms with Gasteiger partial charge in [0.15, 0.2) is 6.10 Å². The highest BCUT2D eigenvalue weighted by atomic mass is 32.1. The molecule has 32 heavy (non-hydrogen) atoms. The number of hydrogen-bond acceptors (Lipinski definition) is 11. The Morgan fingerprint density at radius 2 is 2.16 bits per heavy atom. The SMILES string of the molecule is COC(=O)CCNC(=O)[C@@H]1O[P+](O)(N[C@@H](C)C(=O)OCCc2scnc2C)OCC1(C)C. The molecule has 2 heterocycles. The van der Waals surface area contributed by atoms with E-state index in [-0.39, 0.29) is 26.2 Å². The number of thiazole rings is 1. The van der Waals surface area contributed by atoms with Gasteiger partial charge in [0.25, 0.3) is 5.91 Å². The Balaban J connectivity index is 1.89. The molecule has 1 unspecified atom stereocenters. The minimum absolute atomic E-state index is 0.00742. The minimum atomic E-state index is -3.72. The maximum absolute atomic E-state index is 12.6. The average molecular weight is 493 g/mol. The van der Waals surface area contributed by atoms with Gasteiger partial charge in [-0.1, -0.05) is 13.8 Å². The fraction of sp³-hybridized carbons (Fsp3) is 0.684. The normalized spacial score (nSPS) is 23.2. The quantitative estimate of drug-likeness (QED) is 0.323. The highest BCUT2D eigenvalue weighted by Gasteiger charge is 2.58. The predicted molar refractivity (Wildman–Crippen MR) is 117 cm³/mol. The lowest BCUT2D eigenvalue weighted by Crippen LogP contribution is -2.53. The number of ether oxygens (including phenoxy) is 2. The van der Waals surface area contributed by atoms with Crippen molar-refractivity contribution in [1.29, 1.82) is 0 Å². The van der Waals surface area contributed by atoms with Crippen molar-refractivity contribution in [3.63, 3.8) is 0 Å². The van der Waals surface area contributed by atoms with Gasteiger partial charge in [-0.05, 0) is 13.8 Å². The summed E-state index contributed by atoms with van der Waals surface area (Å²) in [5.41, 5.74) is 1.89. The number of carbonyl (C=O) groups is 3. The van der Waals surface area contributed by atoms with E-state index in [4.69, 9.17) is 13.8 Å². The molecule has 1 aliphatic heterocycles. The van der Waals surface area contributed by atoms with Crippen molar-refractivity contribution in [2.45, 2.75) is 52.7 Å². The lowest BCUT2D eigenvalue weighted by molar-refractivity contribution is -0.146. The van der Waals surface area contributed by atoms with Gasteiger partial charge < -0.3 is 14.8 Å². The van der Waals surface area contributed by atoms with E-state index in [0.29, 0.717) is 6.42 Å². The number of aromatic nitrogens is 1. The number of nitrogens with zero attached hydrogens (tertiary/aromatic N) is 1. The minimum Gasteiger partial charge on any atom is -0.469 e. The summed E-state index contributed by atoms with van der Waals surface area (Å²) < 4.78 is 20.9. The van der Waals surface area contributed by atoms with Gasteiger partial charge in [-0.15, -0.1) is 20.9 Å². The summed E-state index contributed by atoms with van der Waals surface area (Å²) in [4.78, 5) is 52.1. The fourth-order valence-corrected chi connectivity index (χ4v) is 5.56. The molecule has 1 amide bonds. The summed E-state index contributed by atoms with van der Waals surface area (Å²) >= 11 is 1.49. The summed E-state index contributed by atoms with van der Waals surface area (Å²) in [5.74, 6) is -1.55. The van der Waals surface area contributed by atoms with Crippen LogP contribution >= 0.6 is 19.4 Å². The molecule has 13 heteroatoms. The van der Waals surface area contributed by atoms with Gasteiger partial charge in [-0.25, -0.2) is 4.98 Å². The number of aryl methyl sites for hydroxylation is 1. The zero-order valence-corrected chi connectivity index (χ0v) is 20.6. The van der Waals surface area contributed by atoms with Crippen LogP contribution in [0.5, 0.6) is 0 Å². The van der Waals surface area contributed by atoms with Crippen LogP contribution in [0.3, 0.4) is 0 Å². The van der Waals surface area contributed by atoms with Crippen LogP contribution in [-0.4, -0.2) is 66.7 Å². The fourth-order valence-electron chi connectivity index (χ4n) is 2.83. The molecule has 0 radical (unpaired) electrons. The summed E-state index contributed by atoms with van der Waals surface area (Å²) in [6.07, 6.45) is -0.506. The number of nitrogens with one attached hydrogen (secondary N) is 2. The first kappa shape index (κ1) is 26.6. The maximum Gasteiger partial charge on any atom is 0.500 e. The second kappa shape index (κ2) is 11.4. The van der Waals surface area contributed by atoms with Crippen molar-refractivity contribution >= 4 is 37.3 Å². The molecular formula is C19H31N3O8PS+. The number of hydrogen-bond donors (Lipinski definition) is 3. The lowest BCUT2D eigenvalue weighted by atomic mass is 9.87. The highest BCUT2D eigenvalue weighted by Crippen LogP contribution is 2.60. The summed E-state index contributed by atoms with van der Waals surface area (Å²) in [6.45, 7) is 7.15. The van der Waals surface area contributed by atoms with E-state index >= 15 is 0 Å². The van der Waals surface area contributed by atoms with E-state index in [2.05, 4.69) is 20.1 Å². The molecule has 1 aromatic rings. The molecule has 180 valence electrons. The molecule has 0 aromatic carbocycles. The first-order valence-corrected chi connectivity index (χ1v) is 12.6. The molecule has 0 spiro atoms. The predicted octanol–water partition coefficient (Wildman–Crippen LogP) is 1.31. The lowest BCUT2D eigenvalue weighted by Gasteiger charge is -2.37. The van der Waals surface area contributed by atoms with Gasteiger partial charge in [-0.2, -0.15) is 9.42 Å². The Morgan fingerprint density at radius 1 is 1.44 bits per heavy atom. The number of methoxy groups -OCH3 is 1. The van der Waals surface area contributed by atoms with Crippen molar-refractivity contribution in [1.82, 2.24) is 15.4 Å². The zero-order valence-electron chi connectivity index (χ0n) is 18.9. The molecule has 1 aliphatic rings. The standard InChI is InChI=1S/C19H30N3O8PS/c1-12-14(32-11-21-12)7-9-28-18(25)13(2)22-31(26)29-10-19(3,4)16(30-31)17(24)20-8-6-15(23)27-5/h11,13,16,22,26H,6-10H2,1-5H3/p+1/t13-,16-,31?/m0/s1. The van der Waals surface area contributed by atoms with Gasteiger partial charge in [0.05, 0.1) is 31.3 Å². The molecule has 3 atom stereocenters. The summed E-state index contributed by atoms with van der Waals surface area (Å²) in [5, 5.41) is 5.24. The smallest absolute Gasteiger partial charge is 0.469 e. The van der Waals surface area contributed by atoms with Gasteiger partial charge in [0.1, 0.15) is 12.6 Å². The van der Waals surface area contributed by atoms with Crippen LogP contribution in [0.25, 0.3) is 0 Å². The van der Waals surface area contributed by atoms with Gasteiger partial charge >= 0.3 is 20.0 Å². The first-order chi connectivity index (χ1) is 15.0. The molecule has 1 fully saturated rings. The molecule has 3 N–H and O–H groups in total. The van der Waals surface area contributed by atoms with Crippen LogP contribution in [0.2, 0.25) is 0 Å². The topological polar surface area (TPSA) is 145 Å². The van der Waals surface area contributed by atoms with E-state index in [0.717, 1.165) is 10.6 Å². The number of esters is 2. The molecule has 1 aromatic heterocycles. The first-order valence-electron chi connectivity index (χ1n) is 10.1. The number of rotatable bonds is 10. The molecule has 0 bridgehead atoms. The van der Waals surface area contributed by atoms with Crippen LogP contribution in [-0.2, 0) is 39.3 Å². The Labute approximate surface area is 191 Å². The third-order valence-electron chi connectivity index (χ3n) is 4.79. The number of carbonyl (C=O) groups excluding carboxylic acids is 3. The van der Waals surface area contributed by atoms with E-state index in [1.807, 2.05) is 6.92 Å². The summed E-state index contributed by atoms with van der Waals surface area (Å²) in [6, 6.07) is -0.930. The molecule has 1 saturated heterocycles. The van der Waals surface area contributed by atoms with Crippen LogP contribution in [0.4, 0.5) is 0 Å². The van der Waals surface area contributed by atoms with Crippen molar-refractivity contribution in [2.24, 2.45) is 5.41 Å². The second-order valence-electron chi connectivity index (χ2n) is 8.01. The van der Waals surface area contributed by atoms with E-state index < -0.39 is 43.5 Å². The number of amides is 1. The van der Waals surface area contributed by atoms with Gasteiger partial charge in [0, 0.05) is 23.3 Å². The van der Waals surface area contributed by atoms with E-state index in [9.17, 15) is 19.3 Å². The van der Waals surface area contributed by atoms with Crippen molar-refractivity contribution in [3.05, 3.63) is 16.1 Å². The average Bonchev–Trinajstić information content (AvgIpc) is 3.14. The van der Waals surface area contributed by atoms with Gasteiger partial charge in [0.2, 0.25) is 0 Å². The molecule has 0 aliphatic carbocycles. The van der Waals surface area contributed by atoms with Crippen molar-refractivity contribution in [2.75, 3.05) is 26.9 Å². The van der Waals surface area contributed by atoms with E-state index in [1.165, 1.54) is 25.4 Å². The Bertz CT molecular complexity index is 820. The Hall–Kier alpha value is -1.69. The van der Waals surface area contributed by atoms with Crippen LogP contribution in [0.15, 0.2) is 5.51 Å². The molecule has 0 saturated carbocycles. The third kappa shape index (κ3) is 7.43. The Kier molecular flexibility index (Phi) is 9.50. The monoisotopic (exact) mass is 492 g/mol. The van der Waals surface area contributed by atoms with Crippen molar-refractivity contribution in [3.8, 4) is 0 Å². The molecule has 11 nitrogen and oxygen atoms in total. The molecular weight excluding hydrogens is 461 g/mol. The third-order valence-corrected chi connectivity index (χ3v) is 7.48. The van der Waals surface area contributed by atoms with Gasteiger partial charge in [-0.3, -0.25) is 14.4 Å². The second-order valence-corrected chi connectivity index (χ2v) is 10.7. The van der Waals surface area contributed by atoms with Crippen LogP contribution < -0.4 is 10.4 Å². The zero-order chi connectivity index (χ0) is 23.9. The van der Waals surface area contributed by atoms with Crippen LogP contribution in [0.1, 0.15) is 37.8 Å². The summed E-state index contributed by atoms with van der Waals surface area (Å²) in [7, 11) is -2.46. The largest absolute Gasteiger partial charge is 0.500 e.